The fourth-order valence-electron chi connectivity index (χ4n) is 0.639. The largest absolute Gasteiger partial charge is 0.395 e. The predicted octanol–water partition coefficient (Wildman–Crippen LogP) is 1.16. The minimum Gasteiger partial charge on any atom is -0.395 e. The van der Waals surface area contributed by atoms with Crippen LogP contribution in [-0.2, 0) is 0 Å². The minimum atomic E-state index is -0.00704. The van der Waals surface area contributed by atoms with Crippen LogP contribution in [0, 0.1) is 5.92 Å². The standard InChI is InChI=1S/C7H17NO.ClH/c1-6(2)3-4-7(8)5-9;/h6-7,9H,3-5,8H2,1-2H3;1H/t7-;/m1./s1. The fraction of sp³-hybridized carbons (Fsp3) is 1.00. The van der Waals surface area contributed by atoms with Crippen LogP contribution in [0.1, 0.15) is 26.7 Å². The highest BCUT2D eigenvalue weighted by Crippen LogP contribution is 2.04. The van der Waals surface area contributed by atoms with E-state index in [-0.39, 0.29) is 25.1 Å². The highest BCUT2D eigenvalue weighted by atomic mass is 35.5. The van der Waals surface area contributed by atoms with Crippen LogP contribution in [0.2, 0.25) is 0 Å². The lowest BCUT2D eigenvalue weighted by atomic mass is 10.0. The molecular formula is C7H18ClNO. The summed E-state index contributed by atoms with van der Waals surface area (Å²) in [6.07, 6.45) is 2.05. The van der Waals surface area contributed by atoms with E-state index in [0.29, 0.717) is 5.92 Å². The van der Waals surface area contributed by atoms with Gasteiger partial charge in [0.15, 0.2) is 0 Å². The second-order valence-corrected chi connectivity index (χ2v) is 2.91. The summed E-state index contributed by atoms with van der Waals surface area (Å²) in [6.45, 7) is 4.43. The molecule has 0 amide bonds. The van der Waals surface area contributed by atoms with Crippen molar-refractivity contribution in [2.24, 2.45) is 11.7 Å². The van der Waals surface area contributed by atoms with Crippen molar-refractivity contribution >= 4 is 12.4 Å². The van der Waals surface area contributed by atoms with Crippen molar-refractivity contribution in [3.8, 4) is 0 Å². The summed E-state index contributed by atoms with van der Waals surface area (Å²) in [6, 6.07) is -0.00704. The van der Waals surface area contributed by atoms with Crippen molar-refractivity contribution in [2.75, 3.05) is 6.61 Å². The number of rotatable bonds is 4. The quantitative estimate of drug-likeness (QED) is 0.661. The van der Waals surface area contributed by atoms with Crippen molar-refractivity contribution in [1.82, 2.24) is 0 Å². The van der Waals surface area contributed by atoms with Gasteiger partial charge in [0.1, 0.15) is 0 Å². The third-order valence-electron chi connectivity index (χ3n) is 1.35. The molecule has 0 heterocycles. The van der Waals surface area contributed by atoms with Gasteiger partial charge in [0, 0.05) is 6.04 Å². The molecule has 0 saturated carbocycles. The Balaban J connectivity index is 0. The molecule has 64 valence electrons. The molecule has 0 fully saturated rings. The van der Waals surface area contributed by atoms with Gasteiger partial charge in [-0.25, -0.2) is 0 Å². The topological polar surface area (TPSA) is 46.2 Å². The first-order chi connectivity index (χ1) is 4.16. The molecule has 1 atom stereocenters. The Hall–Kier alpha value is 0.210. The molecule has 0 aliphatic rings. The van der Waals surface area contributed by atoms with Crippen LogP contribution in [0.4, 0.5) is 0 Å². The van der Waals surface area contributed by atoms with Crippen LogP contribution in [0.15, 0.2) is 0 Å². The molecule has 2 nitrogen and oxygen atoms in total. The maximum Gasteiger partial charge on any atom is 0.0582 e. The van der Waals surface area contributed by atoms with Crippen LogP contribution in [0.5, 0.6) is 0 Å². The lowest BCUT2D eigenvalue weighted by Crippen LogP contribution is -2.24. The molecule has 0 spiro atoms. The van der Waals surface area contributed by atoms with Crippen LogP contribution in [0.25, 0.3) is 0 Å². The molecular weight excluding hydrogens is 150 g/mol. The molecule has 0 saturated heterocycles. The van der Waals surface area contributed by atoms with Crippen LogP contribution < -0.4 is 5.73 Å². The van der Waals surface area contributed by atoms with Crippen molar-refractivity contribution in [3.05, 3.63) is 0 Å². The number of aliphatic hydroxyl groups is 1. The van der Waals surface area contributed by atoms with Gasteiger partial charge in [0.05, 0.1) is 6.61 Å². The zero-order valence-electron chi connectivity index (χ0n) is 6.71. The van der Waals surface area contributed by atoms with E-state index in [1.807, 2.05) is 0 Å². The summed E-state index contributed by atoms with van der Waals surface area (Å²) < 4.78 is 0. The average molecular weight is 168 g/mol. The van der Waals surface area contributed by atoms with E-state index in [1.54, 1.807) is 0 Å². The summed E-state index contributed by atoms with van der Waals surface area (Å²) in [4.78, 5) is 0. The number of halogens is 1. The van der Waals surface area contributed by atoms with Crippen LogP contribution in [-0.4, -0.2) is 17.8 Å². The zero-order valence-corrected chi connectivity index (χ0v) is 7.53. The maximum atomic E-state index is 8.52. The van der Waals surface area contributed by atoms with Gasteiger partial charge in [-0.15, -0.1) is 12.4 Å². The monoisotopic (exact) mass is 167 g/mol. The predicted molar refractivity (Wildman–Crippen MR) is 46.4 cm³/mol. The van der Waals surface area contributed by atoms with Crippen molar-refractivity contribution < 1.29 is 5.11 Å². The van der Waals surface area contributed by atoms with Crippen molar-refractivity contribution in [3.63, 3.8) is 0 Å². The Kier molecular flexibility index (Phi) is 9.40. The number of hydrogen-bond acceptors (Lipinski definition) is 2. The summed E-state index contributed by atoms with van der Waals surface area (Å²) in [5.74, 6) is 0.697. The second kappa shape index (κ2) is 7.32. The molecule has 0 aliphatic heterocycles. The first-order valence-corrected chi connectivity index (χ1v) is 3.53. The second-order valence-electron chi connectivity index (χ2n) is 2.91. The van der Waals surface area contributed by atoms with Crippen LogP contribution in [0.3, 0.4) is 0 Å². The molecule has 0 bridgehead atoms. The third-order valence-corrected chi connectivity index (χ3v) is 1.35. The molecule has 10 heavy (non-hydrogen) atoms. The van der Waals surface area contributed by atoms with E-state index in [0.717, 1.165) is 12.8 Å². The lowest BCUT2D eigenvalue weighted by molar-refractivity contribution is 0.254. The van der Waals surface area contributed by atoms with E-state index >= 15 is 0 Å². The third kappa shape index (κ3) is 8.21. The Morgan fingerprint density at radius 3 is 2.10 bits per heavy atom. The fourth-order valence-corrected chi connectivity index (χ4v) is 0.639. The number of hydrogen-bond donors (Lipinski definition) is 2. The SMILES string of the molecule is CC(C)CC[C@@H](N)CO.Cl. The van der Waals surface area contributed by atoms with Gasteiger partial charge in [-0.1, -0.05) is 13.8 Å². The van der Waals surface area contributed by atoms with Gasteiger partial charge >= 0.3 is 0 Å². The number of nitrogens with two attached hydrogens (primary N) is 1. The van der Waals surface area contributed by atoms with Gasteiger partial charge in [-0.05, 0) is 18.8 Å². The van der Waals surface area contributed by atoms with Gasteiger partial charge in [0.2, 0.25) is 0 Å². The highest BCUT2D eigenvalue weighted by Gasteiger charge is 2.00. The molecule has 0 aromatic rings. The smallest absolute Gasteiger partial charge is 0.0582 e. The summed E-state index contributed by atoms with van der Waals surface area (Å²) in [7, 11) is 0. The molecule has 0 unspecified atom stereocenters. The molecule has 3 N–H and O–H groups in total. The Morgan fingerprint density at radius 2 is 1.80 bits per heavy atom. The van der Waals surface area contributed by atoms with Gasteiger partial charge in [-0.3, -0.25) is 0 Å². The van der Waals surface area contributed by atoms with E-state index in [4.69, 9.17) is 10.8 Å². The van der Waals surface area contributed by atoms with E-state index in [1.165, 1.54) is 0 Å². The highest BCUT2D eigenvalue weighted by molar-refractivity contribution is 5.85. The molecule has 0 aromatic carbocycles. The Morgan fingerprint density at radius 1 is 1.30 bits per heavy atom. The minimum absolute atomic E-state index is 0. The molecule has 3 heteroatoms. The summed E-state index contributed by atoms with van der Waals surface area (Å²) in [5, 5.41) is 8.52. The molecule has 0 aliphatic carbocycles. The first kappa shape index (κ1) is 12.8. The van der Waals surface area contributed by atoms with Gasteiger partial charge in [-0.2, -0.15) is 0 Å². The van der Waals surface area contributed by atoms with E-state index < -0.39 is 0 Å². The van der Waals surface area contributed by atoms with Crippen molar-refractivity contribution in [2.45, 2.75) is 32.7 Å². The van der Waals surface area contributed by atoms with Gasteiger partial charge < -0.3 is 10.8 Å². The molecule has 0 aromatic heterocycles. The van der Waals surface area contributed by atoms with E-state index in [9.17, 15) is 0 Å². The first-order valence-electron chi connectivity index (χ1n) is 3.53. The Labute approximate surface area is 69.2 Å². The maximum absolute atomic E-state index is 8.52. The molecule has 0 radical (unpaired) electrons. The summed E-state index contributed by atoms with van der Waals surface area (Å²) >= 11 is 0. The zero-order chi connectivity index (χ0) is 7.28. The van der Waals surface area contributed by atoms with Gasteiger partial charge in [0.25, 0.3) is 0 Å². The molecule has 0 rings (SSSR count). The lowest BCUT2D eigenvalue weighted by Gasteiger charge is -2.08. The summed E-state index contributed by atoms with van der Waals surface area (Å²) in [5.41, 5.74) is 5.47. The Bertz CT molecular complexity index is 68.6. The normalized spacial score (nSPS) is 12.9. The average Bonchev–Trinajstić information content (AvgIpc) is 1.83. The van der Waals surface area contributed by atoms with Crippen LogP contribution >= 0.6 is 12.4 Å². The number of aliphatic hydroxyl groups excluding tert-OH is 1. The van der Waals surface area contributed by atoms with E-state index in [2.05, 4.69) is 13.8 Å². The van der Waals surface area contributed by atoms with Crippen molar-refractivity contribution in [1.29, 1.82) is 0 Å².